The molecule has 0 bridgehead atoms. The molecule has 88 valence electrons. The van der Waals surface area contributed by atoms with Crippen molar-refractivity contribution >= 4 is 28.5 Å². The lowest BCUT2D eigenvalue weighted by atomic mass is 10.2. The Morgan fingerprint density at radius 1 is 1.56 bits per heavy atom. The fourth-order valence-electron chi connectivity index (χ4n) is 0.926. The number of nitrogens with one attached hydrogen (secondary N) is 2. The molecule has 16 heavy (non-hydrogen) atoms. The van der Waals surface area contributed by atoms with Crippen LogP contribution >= 0.6 is 11.5 Å². The normalized spacial score (nSPS) is 10.2. The van der Waals surface area contributed by atoms with Gasteiger partial charge in [-0.3, -0.25) is 5.32 Å². The summed E-state index contributed by atoms with van der Waals surface area (Å²) in [5.41, 5.74) is 0.00435. The molecule has 1 aromatic rings. The number of hydrogen-bond acceptors (Lipinski definition) is 4. The van der Waals surface area contributed by atoms with Gasteiger partial charge in [0.1, 0.15) is 10.6 Å². The number of amides is 2. The summed E-state index contributed by atoms with van der Waals surface area (Å²) in [6, 6.07) is -0.416. The minimum absolute atomic E-state index is 0.00435. The molecular weight excluding hydrogens is 230 g/mol. The predicted octanol–water partition coefficient (Wildman–Crippen LogP) is 1.62. The number of carbonyl (C=O) groups excluding carboxylic acids is 1. The number of hydrogen-bond donors (Lipinski definition) is 3. The molecule has 7 heteroatoms. The van der Waals surface area contributed by atoms with Gasteiger partial charge in [-0.05, 0) is 17.5 Å². The van der Waals surface area contributed by atoms with Gasteiger partial charge in [-0.25, -0.2) is 9.59 Å². The van der Waals surface area contributed by atoms with Crippen LogP contribution in [0.1, 0.15) is 24.2 Å². The van der Waals surface area contributed by atoms with Crippen molar-refractivity contribution in [2.75, 3.05) is 11.9 Å². The number of carboxylic acids is 1. The maximum absolute atomic E-state index is 11.4. The fraction of sp³-hybridized carbons (Fsp3) is 0.444. The second-order valence-corrected chi connectivity index (χ2v) is 4.40. The van der Waals surface area contributed by atoms with Gasteiger partial charge in [0, 0.05) is 6.54 Å². The Balaban J connectivity index is 2.56. The molecule has 6 nitrogen and oxygen atoms in total. The average molecular weight is 243 g/mol. The predicted molar refractivity (Wildman–Crippen MR) is 60.9 cm³/mol. The first kappa shape index (κ1) is 12.4. The molecule has 0 saturated carbocycles. The maximum atomic E-state index is 11.4. The van der Waals surface area contributed by atoms with Crippen LogP contribution in [-0.2, 0) is 0 Å². The molecule has 0 fully saturated rings. The van der Waals surface area contributed by atoms with E-state index >= 15 is 0 Å². The number of carboxylic acid groups (broad SMARTS) is 1. The Bertz CT molecular complexity index is 389. The molecule has 0 aliphatic heterocycles. The first-order chi connectivity index (χ1) is 7.50. The van der Waals surface area contributed by atoms with E-state index in [2.05, 4.69) is 15.0 Å². The van der Waals surface area contributed by atoms with E-state index in [-0.39, 0.29) is 10.6 Å². The zero-order chi connectivity index (χ0) is 12.1. The van der Waals surface area contributed by atoms with E-state index in [1.165, 1.54) is 6.20 Å². The Kier molecular flexibility index (Phi) is 4.24. The van der Waals surface area contributed by atoms with Crippen molar-refractivity contribution in [3.63, 3.8) is 0 Å². The quantitative estimate of drug-likeness (QED) is 0.749. The Labute approximate surface area is 96.8 Å². The zero-order valence-electron chi connectivity index (χ0n) is 8.98. The number of nitrogens with zero attached hydrogens (tertiary/aromatic N) is 1. The molecule has 0 aliphatic rings. The highest BCUT2D eigenvalue weighted by atomic mass is 32.1. The molecule has 3 N–H and O–H groups in total. The lowest BCUT2D eigenvalue weighted by Gasteiger charge is -2.08. The van der Waals surface area contributed by atoms with Gasteiger partial charge in [0.15, 0.2) is 0 Å². The molecular formula is C9H13N3O3S. The van der Waals surface area contributed by atoms with Gasteiger partial charge in [0.05, 0.1) is 6.20 Å². The van der Waals surface area contributed by atoms with Crippen LogP contribution in [0.15, 0.2) is 6.20 Å². The van der Waals surface area contributed by atoms with Crippen molar-refractivity contribution < 1.29 is 14.7 Å². The molecule has 0 aliphatic carbocycles. The van der Waals surface area contributed by atoms with Gasteiger partial charge in [-0.2, -0.15) is 4.37 Å². The number of urea groups is 1. The second kappa shape index (κ2) is 5.45. The minimum Gasteiger partial charge on any atom is -0.478 e. The molecule has 1 aromatic heterocycles. The highest BCUT2D eigenvalue weighted by molar-refractivity contribution is 7.10. The number of carbonyl (C=O) groups is 2. The summed E-state index contributed by atoms with van der Waals surface area (Å²) in [6.45, 7) is 4.47. The zero-order valence-corrected chi connectivity index (χ0v) is 9.80. The second-order valence-electron chi connectivity index (χ2n) is 3.60. The molecule has 0 saturated heterocycles. The molecule has 1 rings (SSSR count). The third-order valence-electron chi connectivity index (χ3n) is 1.70. The standard InChI is InChI=1S/C9H13N3O3S/c1-5(2)3-10-9(15)12-7-6(8(13)14)4-11-16-7/h4-5H,3H2,1-2H3,(H,13,14)(H2,10,12,15). The van der Waals surface area contributed by atoms with Crippen LogP contribution in [0.4, 0.5) is 9.80 Å². The monoisotopic (exact) mass is 243 g/mol. The van der Waals surface area contributed by atoms with Crippen molar-refractivity contribution in [3.8, 4) is 0 Å². The summed E-state index contributed by atoms with van der Waals surface area (Å²) in [4.78, 5) is 22.1. The Hall–Kier alpha value is -1.63. The molecule has 0 unspecified atom stereocenters. The van der Waals surface area contributed by atoms with Crippen LogP contribution in [0.2, 0.25) is 0 Å². The average Bonchev–Trinajstić information content (AvgIpc) is 2.62. The van der Waals surface area contributed by atoms with E-state index in [0.717, 1.165) is 11.5 Å². The summed E-state index contributed by atoms with van der Waals surface area (Å²) in [6.07, 6.45) is 1.21. The van der Waals surface area contributed by atoms with Crippen LogP contribution in [0, 0.1) is 5.92 Å². The Morgan fingerprint density at radius 3 is 2.81 bits per heavy atom. The van der Waals surface area contributed by atoms with Crippen LogP contribution in [0.3, 0.4) is 0 Å². The highest BCUT2D eigenvalue weighted by Gasteiger charge is 2.14. The van der Waals surface area contributed by atoms with E-state index in [0.29, 0.717) is 12.5 Å². The van der Waals surface area contributed by atoms with Crippen molar-refractivity contribution in [3.05, 3.63) is 11.8 Å². The SMILES string of the molecule is CC(C)CNC(=O)Nc1sncc1C(=O)O. The lowest BCUT2D eigenvalue weighted by molar-refractivity contribution is 0.0698. The van der Waals surface area contributed by atoms with Crippen LogP contribution in [0.25, 0.3) is 0 Å². The molecule has 0 spiro atoms. The van der Waals surface area contributed by atoms with Crippen LogP contribution in [0.5, 0.6) is 0 Å². The Morgan fingerprint density at radius 2 is 2.25 bits per heavy atom. The third kappa shape index (κ3) is 3.50. The van der Waals surface area contributed by atoms with Gasteiger partial charge in [0.25, 0.3) is 0 Å². The minimum atomic E-state index is -1.10. The topological polar surface area (TPSA) is 91.3 Å². The van der Waals surface area contributed by atoms with Gasteiger partial charge in [-0.15, -0.1) is 0 Å². The smallest absolute Gasteiger partial charge is 0.340 e. The summed E-state index contributed by atoms with van der Waals surface area (Å²) in [5.74, 6) is -0.765. The van der Waals surface area contributed by atoms with E-state index < -0.39 is 12.0 Å². The fourth-order valence-corrected chi connectivity index (χ4v) is 1.57. The summed E-state index contributed by atoms with van der Waals surface area (Å²) < 4.78 is 3.71. The first-order valence-electron chi connectivity index (χ1n) is 4.73. The molecule has 0 radical (unpaired) electrons. The number of aromatic nitrogens is 1. The number of rotatable bonds is 4. The molecule has 0 atom stereocenters. The van der Waals surface area contributed by atoms with Gasteiger partial charge in [-0.1, -0.05) is 13.8 Å². The molecule has 0 aromatic carbocycles. The van der Waals surface area contributed by atoms with Crippen molar-refractivity contribution in [1.29, 1.82) is 0 Å². The van der Waals surface area contributed by atoms with E-state index in [1.54, 1.807) is 0 Å². The summed E-state index contributed by atoms with van der Waals surface area (Å²) in [5, 5.41) is 14.1. The van der Waals surface area contributed by atoms with Gasteiger partial charge < -0.3 is 10.4 Å². The van der Waals surface area contributed by atoms with Crippen molar-refractivity contribution in [2.24, 2.45) is 5.92 Å². The highest BCUT2D eigenvalue weighted by Crippen LogP contribution is 2.19. The largest absolute Gasteiger partial charge is 0.478 e. The van der Waals surface area contributed by atoms with E-state index in [4.69, 9.17) is 5.11 Å². The lowest BCUT2D eigenvalue weighted by Crippen LogP contribution is -2.31. The molecule has 2 amide bonds. The van der Waals surface area contributed by atoms with Gasteiger partial charge in [0.2, 0.25) is 0 Å². The van der Waals surface area contributed by atoms with Crippen molar-refractivity contribution in [2.45, 2.75) is 13.8 Å². The number of aromatic carboxylic acids is 1. The maximum Gasteiger partial charge on any atom is 0.340 e. The molecule has 1 heterocycles. The van der Waals surface area contributed by atoms with Crippen molar-refractivity contribution in [1.82, 2.24) is 9.69 Å². The third-order valence-corrected chi connectivity index (χ3v) is 2.41. The number of anilines is 1. The first-order valence-corrected chi connectivity index (χ1v) is 5.51. The van der Waals surface area contributed by atoms with Gasteiger partial charge >= 0.3 is 12.0 Å². The summed E-state index contributed by atoms with van der Waals surface area (Å²) >= 11 is 0.938. The van der Waals surface area contributed by atoms with E-state index in [1.807, 2.05) is 13.8 Å². The summed E-state index contributed by atoms with van der Waals surface area (Å²) in [7, 11) is 0. The van der Waals surface area contributed by atoms with E-state index in [9.17, 15) is 9.59 Å². The van der Waals surface area contributed by atoms with Crippen LogP contribution in [-0.4, -0.2) is 28.0 Å². The van der Waals surface area contributed by atoms with Crippen LogP contribution < -0.4 is 10.6 Å².